The minimum absolute atomic E-state index is 0.00823. The molecule has 0 spiro atoms. The number of carbonyl (C=O) groups excluding carboxylic acids is 2. The number of amides is 1. The number of fused-ring (bicyclic) bond motifs is 1. The van der Waals surface area contributed by atoms with Crippen molar-refractivity contribution in [3.05, 3.63) is 129 Å². The van der Waals surface area contributed by atoms with Gasteiger partial charge in [0, 0.05) is 34.2 Å². The van der Waals surface area contributed by atoms with Crippen molar-refractivity contribution >= 4 is 46.3 Å². The normalized spacial score (nSPS) is 17.2. The van der Waals surface area contributed by atoms with Crippen LogP contribution in [0.2, 0.25) is 10.0 Å². The quantitative estimate of drug-likeness (QED) is 0.159. The summed E-state index contributed by atoms with van der Waals surface area (Å²) in [5.41, 5.74) is 5.79. The van der Waals surface area contributed by atoms with Crippen molar-refractivity contribution in [2.24, 2.45) is 0 Å². The van der Waals surface area contributed by atoms with Gasteiger partial charge < -0.3 is 14.8 Å². The van der Waals surface area contributed by atoms with Crippen LogP contribution in [0.15, 0.2) is 102 Å². The zero-order valence-electron chi connectivity index (χ0n) is 27.3. The molecule has 1 N–H and O–H groups in total. The van der Waals surface area contributed by atoms with Gasteiger partial charge in [-0.25, -0.2) is 0 Å². The standard InChI is InChI=1S/C40H40Cl2N2O4/c1-3-5-6-11-38(46)44-34-10-8-7-9-32(34)43-33-22-29(27-14-19-31(42)20-15-27)23-35(45)39(33)40(44)28-16-21-36(37(24-28)47-4-2)48-25-26-12-17-30(41)18-13-26/h7-10,12-21,24,29,40,43H,3-6,11,22-23,25H2,1-2H3/t29-,40+/m0/s1. The van der Waals surface area contributed by atoms with Gasteiger partial charge in [0.05, 0.1) is 24.0 Å². The summed E-state index contributed by atoms with van der Waals surface area (Å²) in [5.74, 6) is 1.09. The fraction of sp³-hybridized carbons (Fsp3) is 0.300. The number of ketones is 1. The summed E-state index contributed by atoms with van der Waals surface area (Å²) < 4.78 is 12.4. The van der Waals surface area contributed by atoms with Crippen LogP contribution in [0.5, 0.6) is 11.5 Å². The molecule has 1 heterocycles. The third kappa shape index (κ3) is 7.40. The Kier molecular flexibility index (Phi) is 10.7. The van der Waals surface area contributed by atoms with E-state index < -0.39 is 6.04 Å². The summed E-state index contributed by atoms with van der Waals surface area (Å²) in [6, 6.07) is 28.2. The van der Waals surface area contributed by atoms with Crippen LogP contribution >= 0.6 is 23.2 Å². The Balaban J connectivity index is 1.45. The maximum absolute atomic E-state index is 14.4. The second kappa shape index (κ2) is 15.3. The Bertz CT molecular complexity index is 1800. The summed E-state index contributed by atoms with van der Waals surface area (Å²) in [6.45, 7) is 4.80. The lowest BCUT2D eigenvalue weighted by molar-refractivity contribution is -0.119. The number of hydrogen-bond donors (Lipinski definition) is 1. The zero-order valence-corrected chi connectivity index (χ0v) is 28.8. The van der Waals surface area contributed by atoms with Crippen molar-refractivity contribution in [1.29, 1.82) is 0 Å². The first-order valence-electron chi connectivity index (χ1n) is 16.7. The largest absolute Gasteiger partial charge is 0.490 e. The zero-order chi connectivity index (χ0) is 33.6. The predicted molar refractivity (Wildman–Crippen MR) is 193 cm³/mol. The van der Waals surface area contributed by atoms with Crippen LogP contribution in [0.3, 0.4) is 0 Å². The second-order valence-electron chi connectivity index (χ2n) is 12.3. The Labute approximate surface area is 292 Å². The Morgan fingerprint density at radius 1 is 0.833 bits per heavy atom. The lowest BCUT2D eigenvalue weighted by atomic mass is 9.78. The molecular formula is C40H40Cl2N2O4. The SMILES string of the molecule is CCCCCC(=O)N1c2ccccc2NC2=C(C(=O)C[C@@H](c3ccc(Cl)cc3)C2)[C@H]1c1ccc(OCc2ccc(Cl)cc2)c(OCC)c1. The first-order chi connectivity index (χ1) is 23.4. The topological polar surface area (TPSA) is 67.9 Å². The van der Waals surface area contributed by atoms with Crippen LogP contribution in [-0.4, -0.2) is 18.3 Å². The van der Waals surface area contributed by atoms with Gasteiger partial charge in [0.2, 0.25) is 5.91 Å². The lowest BCUT2D eigenvalue weighted by Gasteiger charge is -2.35. The maximum atomic E-state index is 14.4. The van der Waals surface area contributed by atoms with Crippen molar-refractivity contribution in [2.45, 2.75) is 70.9 Å². The molecule has 0 radical (unpaired) electrons. The molecule has 8 heteroatoms. The highest BCUT2D eigenvalue weighted by atomic mass is 35.5. The van der Waals surface area contributed by atoms with Gasteiger partial charge in [-0.1, -0.05) is 85.4 Å². The fourth-order valence-corrected chi connectivity index (χ4v) is 6.87. The van der Waals surface area contributed by atoms with Crippen molar-refractivity contribution in [2.75, 3.05) is 16.8 Å². The van der Waals surface area contributed by atoms with Gasteiger partial charge in [0.1, 0.15) is 6.61 Å². The van der Waals surface area contributed by atoms with E-state index in [2.05, 4.69) is 12.2 Å². The maximum Gasteiger partial charge on any atom is 0.227 e. The van der Waals surface area contributed by atoms with E-state index in [-0.39, 0.29) is 17.6 Å². The van der Waals surface area contributed by atoms with Crippen LogP contribution in [-0.2, 0) is 16.2 Å². The summed E-state index contributed by atoms with van der Waals surface area (Å²) in [5, 5.41) is 4.94. The number of rotatable bonds is 11. The number of hydrogen-bond acceptors (Lipinski definition) is 5. The van der Waals surface area contributed by atoms with Crippen molar-refractivity contribution < 1.29 is 19.1 Å². The smallest absolute Gasteiger partial charge is 0.227 e. The van der Waals surface area contributed by atoms with Gasteiger partial charge >= 0.3 is 0 Å². The van der Waals surface area contributed by atoms with Gasteiger partial charge in [0.25, 0.3) is 0 Å². The van der Waals surface area contributed by atoms with Gasteiger partial charge in [-0.2, -0.15) is 0 Å². The fourth-order valence-electron chi connectivity index (χ4n) is 6.62. The van der Waals surface area contributed by atoms with E-state index in [4.69, 9.17) is 32.7 Å². The monoisotopic (exact) mass is 682 g/mol. The van der Waals surface area contributed by atoms with Gasteiger partial charge in [-0.15, -0.1) is 0 Å². The van der Waals surface area contributed by atoms with E-state index in [1.54, 1.807) is 0 Å². The molecule has 6 rings (SSSR count). The summed E-state index contributed by atoms with van der Waals surface area (Å²) in [6.07, 6.45) is 4.05. The number of para-hydroxylation sites is 2. The highest BCUT2D eigenvalue weighted by Gasteiger charge is 2.41. The number of ether oxygens (including phenoxy) is 2. The minimum atomic E-state index is -0.659. The molecule has 2 aliphatic rings. The van der Waals surface area contributed by atoms with E-state index in [9.17, 15) is 9.59 Å². The predicted octanol–water partition coefficient (Wildman–Crippen LogP) is 10.5. The number of unbranched alkanes of at least 4 members (excludes halogenated alkanes) is 2. The van der Waals surface area contributed by atoms with E-state index in [1.807, 2.05) is 103 Å². The van der Waals surface area contributed by atoms with Crippen LogP contribution in [0.4, 0.5) is 11.4 Å². The summed E-state index contributed by atoms with van der Waals surface area (Å²) in [4.78, 5) is 30.6. The molecular weight excluding hydrogens is 643 g/mol. The third-order valence-corrected chi connectivity index (χ3v) is 9.49. The molecule has 0 unspecified atom stereocenters. The molecule has 4 aromatic carbocycles. The van der Waals surface area contributed by atoms with E-state index in [0.29, 0.717) is 59.6 Å². The molecule has 4 aromatic rings. The molecule has 48 heavy (non-hydrogen) atoms. The van der Waals surface area contributed by atoms with E-state index in [0.717, 1.165) is 53.0 Å². The summed E-state index contributed by atoms with van der Waals surface area (Å²) >= 11 is 12.3. The average Bonchev–Trinajstić information content (AvgIpc) is 3.24. The van der Waals surface area contributed by atoms with Crippen molar-refractivity contribution in [3.8, 4) is 11.5 Å². The van der Waals surface area contributed by atoms with Gasteiger partial charge in [-0.05, 0) is 90.9 Å². The second-order valence-corrected chi connectivity index (χ2v) is 13.2. The van der Waals surface area contributed by atoms with Crippen LogP contribution in [0.25, 0.3) is 0 Å². The molecule has 1 amide bonds. The minimum Gasteiger partial charge on any atom is -0.490 e. The molecule has 1 aliphatic heterocycles. The number of anilines is 2. The Morgan fingerprint density at radius 2 is 1.54 bits per heavy atom. The highest BCUT2D eigenvalue weighted by Crippen LogP contribution is 2.48. The van der Waals surface area contributed by atoms with Gasteiger partial charge in [-0.3, -0.25) is 14.5 Å². The molecule has 6 nitrogen and oxygen atoms in total. The molecule has 248 valence electrons. The number of benzene rings is 4. The number of allylic oxidation sites excluding steroid dienone is 1. The highest BCUT2D eigenvalue weighted by molar-refractivity contribution is 6.30. The number of nitrogens with one attached hydrogen (secondary N) is 1. The first-order valence-corrected chi connectivity index (χ1v) is 17.5. The van der Waals surface area contributed by atoms with Crippen LogP contribution in [0.1, 0.15) is 81.0 Å². The number of Topliss-reactive ketones (excluding diaryl/α,β-unsaturated/α-hetero) is 1. The van der Waals surface area contributed by atoms with Crippen LogP contribution < -0.4 is 19.7 Å². The number of nitrogens with zero attached hydrogens (tertiary/aromatic N) is 1. The number of halogens is 2. The third-order valence-electron chi connectivity index (χ3n) is 8.98. The van der Waals surface area contributed by atoms with Gasteiger partial charge in [0.15, 0.2) is 17.3 Å². The number of carbonyl (C=O) groups is 2. The molecule has 0 bridgehead atoms. The Hall–Kier alpha value is -4.26. The molecule has 1 aliphatic carbocycles. The molecule has 0 saturated carbocycles. The van der Waals surface area contributed by atoms with E-state index in [1.165, 1.54) is 0 Å². The molecule has 2 atom stereocenters. The average molecular weight is 684 g/mol. The lowest BCUT2D eigenvalue weighted by Crippen LogP contribution is -2.38. The van der Waals surface area contributed by atoms with Crippen LogP contribution in [0, 0.1) is 0 Å². The summed E-state index contributed by atoms with van der Waals surface area (Å²) in [7, 11) is 0. The van der Waals surface area contributed by atoms with Crippen molar-refractivity contribution in [3.63, 3.8) is 0 Å². The van der Waals surface area contributed by atoms with Crippen molar-refractivity contribution in [1.82, 2.24) is 0 Å². The molecule has 0 saturated heterocycles. The Morgan fingerprint density at radius 3 is 2.27 bits per heavy atom. The first kappa shape index (κ1) is 33.6. The molecule has 0 aromatic heterocycles. The molecule has 0 fully saturated rings. The van der Waals surface area contributed by atoms with E-state index >= 15 is 0 Å².